The van der Waals surface area contributed by atoms with E-state index in [1.54, 1.807) is 22.7 Å². The maximum absolute atomic E-state index is 13.9. The van der Waals surface area contributed by atoms with E-state index < -0.39 is 16.6 Å². The van der Waals surface area contributed by atoms with Crippen molar-refractivity contribution in [2.45, 2.75) is 76.8 Å². The van der Waals surface area contributed by atoms with Crippen LogP contribution in [0.25, 0.3) is 20.2 Å². The van der Waals surface area contributed by atoms with E-state index in [1.807, 2.05) is 9.80 Å². The number of piperidine rings is 2. The molecule has 4 aromatic carbocycles. The molecular formula is C46H54N4O3S2Si2. The molecule has 2 fully saturated rings. The summed E-state index contributed by atoms with van der Waals surface area (Å²) < 4.78 is 9.66. The number of benzene rings is 4. The molecule has 57 heavy (non-hydrogen) atoms. The predicted molar refractivity (Wildman–Crippen MR) is 243 cm³/mol. The highest BCUT2D eigenvalue weighted by Crippen LogP contribution is 2.35. The largest absolute Gasteiger partial charge is 0.449 e. The molecule has 296 valence electrons. The molecule has 0 spiro atoms. The molecule has 7 nitrogen and oxygen atoms in total. The van der Waals surface area contributed by atoms with E-state index in [9.17, 15) is 9.59 Å². The number of thiophene rings is 2. The van der Waals surface area contributed by atoms with E-state index in [0.717, 1.165) is 92.9 Å². The summed E-state index contributed by atoms with van der Waals surface area (Å²) >= 11 is 3.20. The van der Waals surface area contributed by atoms with Crippen LogP contribution in [0.4, 0.5) is 0 Å². The molecule has 0 radical (unpaired) electrons. The van der Waals surface area contributed by atoms with Gasteiger partial charge in [-0.3, -0.25) is 9.59 Å². The molecule has 6 aromatic rings. The fourth-order valence-electron chi connectivity index (χ4n) is 9.22. The molecule has 0 bridgehead atoms. The van der Waals surface area contributed by atoms with Gasteiger partial charge in [0, 0.05) is 48.7 Å². The Kier molecular flexibility index (Phi) is 11.4. The number of carbonyl (C=O) groups is 2. The molecule has 2 aliphatic rings. The van der Waals surface area contributed by atoms with Gasteiger partial charge in [0.15, 0.2) is 0 Å². The van der Waals surface area contributed by atoms with Gasteiger partial charge in [-0.05, 0) is 131 Å². The third-order valence-electron chi connectivity index (χ3n) is 12.2. The molecule has 0 saturated carbocycles. The van der Waals surface area contributed by atoms with Crippen LogP contribution in [-0.4, -0.2) is 64.4 Å². The molecule has 4 N–H and O–H groups in total. The van der Waals surface area contributed by atoms with Gasteiger partial charge in [0.1, 0.15) is 0 Å². The Hall–Kier alpha value is -3.95. The van der Waals surface area contributed by atoms with Gasteiger partial charge in [0.2, 0.25) is 16.6 Å². The number of carbonyl (C=O) groups excluding carboxylic acids is 2. The van der Waals surface area contributed by atoms with E-state index in [1.165, 1.54) is 21.5 Å². The van der Waals surface area contributed by atoms with Gasteiger partial charge < -0.3 is 25.4 Å². The summed E-state index contributed by atoms with van der Waals surface area (Å²) in [4.78, 5) is 33.5. The van der Waals surface area contributed by atoms with Crippen molar-refractivity contribution in [2.24, 2.45) is 11.5 Å². The lowest BCUT2D eigenvalue weighted by Gasteiger charge is -2.35. The zero-order valence-electron chi connectivity index (χ0n) is 33.6. The fourth-order valence-corrected chi connectivity index (χ4v) is 20.2. The fraction of sp³-hybridized carbons (Fsp3) is 0.348. The normalized spacial score (nSPS) is 16.2. The number of hydrogen-bond acceptors (Lipinski definition) is 7. The van der Waals surface area contributed by atoms with Crippen LogP contribution in [0.1, 0.15) is 79.1 Å². The summed E-state index contributed by atoms with van der Waals surface area (Å²) in [7, 11) is -4.98. The molecule has 2 aromatic heterocycles. The number of likely N-dealkylation sites (tertiary alicyclic amines) is 2. The van der Waals surface area contributed by atoms with Crippen molar-refractivity contribution in [2.75, 3.05) is 26.2 Å². The van der Waals surface area contributed by atoms with Crippen molar-refractivity contribution in [3.63, 3.8) is 0 Å². The minimum absolute atomic E-state index is 0.127. The summed E-state index contributed by atoms with van der Waals surface area (Å²) in [6.45, 7) is 13.3. The summed E-state index contributed by atoms with van der Waals surface area (Å²) in [5.41, 5.74) is 16.8. The molecule has 8 rings (SSSR count). The second kappa shape index (κ2) is 16.4. The Labute approximate surface area is 346 Å². The number of nitrogens with zero attached hydrogens (tertiary/aromatic N) is 2. The Balaban J connectivity index is 0.965. The first-order chi connectivity index (χ1) is 27.4. The van der Waals surface area contributed by atoms with Gasteiger partial charge in [-0.1, -0.05) is 72.8 Å². The summed E-state index contributed by atoms with van der Waals surface area (Å²) in [5, 5.41) is 4.72. The molecule has 4 heterocycles. The third-order valence-corrected chi connectivity index (χ3v) is 22.0. The Morgan fingerprint density at radius 3 is 1.37 bits per heavy atom. The zero-order chi connectivity index (χ0) is 39.9. The minimum Gasteiger partial charge on any atom is -0.449 e. The van der Waals surface area contributed by atoms with Crippen LogP contribution in [0.5, 0.6) is 0 Å². The van der Waals surface area contributed by atoms with Crippen molar-refractivity contribution in [1.29, 1.82) is 0 Å². The number of amides is 2. The molecule has 0 atom stereocenters. The lowest BCUT2D eigenvalue weighted by Crippen LogP contribution is -2.57. The van der Waals surface area contributed by atoms with Gasteiger partial charge in [0.25, 0.3) is 11.8 Å². The maximum atomic E-state index is 13.9. The van der Waals surface area contributed by atoms with Gasteiger partial charge in [-0.15, -0.1) is 22.7 Å². The molecule has 2 amide bonds. The molecule has 11 heteroatoms. The number of nitrogens with two attached hydrogens (primary N) is 2. The van der Waals surface area contributed by atoms with Gasteiger partial charge in [-0.2, -0.15) is 0 Å². The molecule has 2 saturated heterocycles. The van der Waals surface area contributed by atoms with Crippen molar-refractivity contribution in [1.82, 2.24) is 9.80 Å². The number of fused-ring (bicyclic) bond motifs is 2. The lowest BCUT2D eigenvalue weighted by atomic mass is 9.88. The second-order valence-corrected chi connectivity index (χ2v) is 26.9. The Morgan fingerprint density at radius 2 is 0.982 bits per heavy atom. The van der Waals surface area contributed by atoms with Gasteiger partial charge in [-0.25, -0.2) is 0 Å². The van der Waals surface area contributed by atoms with Crippen LogP contribution in [0.3, 0.4) is 0 Å². The highest BCUT2D eigenvalue weighted by atomic mass is 32.1. The first kappa shape index (κ1) is 39.9. The van der Waals surface area contributed by atoms with Crippen molar-refractivity contribution in [3.05, 3.63) is 129 Å². The predicted octanol–water partition coefficient (Wildman–Crippen LogP) is 8.61. The first-order valence-corrected chi connectivity index (χ1v) is 27.8. The van der Waals surface area contributed by atoms with E-state index >= 15 is 0 Å². The van der Waals surface area contributed by atoms with Gasteiger partial charge in [0.05, 0.1) is 9.75 Å². The van der Waals surface area contributed by atoms with Crippen molar-refractivity contribution >= 4 is 81.7 Å². The summed E-state index contributed by atoms with van der Waals surface area (Å²) in [5.74, 6) is 1.16. The second-order valence-electron chi connectivity index (χ2n) is 16.8. The highest BCUT2D eigenvalue weighted by Gasteiger charge is 2.39. The lowest BCUT2D eigenvalue weighted by molar-refractivity contribution is 0.0710. The smallest absolute Gasteiger partial charge is 0.263 e. The zero-order valence-corrected chi connectivity index (χ0v) is 37.2. The minimum atomic E-state index is -2.49. The van der Waals surface area contributed by atoms with Gasteiger partial charge >= 0.3 is 0 Å². The topological polar surface area (TPSA) is 102 Å². The first-order valence-electron chi connectivity index (χ1n) is 20.4. The van der Waals surface area contributed by atoms with E-state index in [2.05, 4.69) is 123 Å². The SMILES string of the molecule is C[Si](C)(O[Si](C)(C)c1cccc2sc(C(=O)N3CCC(c4cccc(CN)c4)CC3)cc12)c1cccc2sc(C(=O)N3CCC(c4cccc(CN)c4)CC3)cc12. The van der Waals surface area contributed by atoms with Crippen LogP contribution >= 0.6 is 22.7 Å². The van der Waals surface area contributed by atoms with E-state index in [-0.39, 0.29) is 11.8 Å². The number of rotatable bonds is 10. The quantitative estimate of drug-likeness (QED) is 0.135. The summed E-state index contributed by atoms with van der Waals surface area (Å²) in [6.07, 6.45) is 3.83. The third kappa shape index (κ3) is 8.21. The molecule has 0 aliphatic carbocycles. The van der Waals surface area contributed by atoms with E-state index in [4.69, 9.17) is 15.6 Å². The van der Waals surface area contributed by atoms with Crippen LogP contribution in [0.15, 0.2) is 97.1 Å². The molecule has 0 unspecified atom stereocenters. The molecule has 2 aliphatic heterocycles. The average molecular weight is 831 g/mol. The van der Waals surface area contributed by atoms with Crippen LogP contribution in [0, 0.1) is 0 Å². The van der Waals surface area contributed by atoms with Crippen LogP contribution in [0.2, 0.25) is 26.2 Å². The Morgan fingerprint density at radius 1 is 0.596 bits per heavy atom. The molecular weight excluding hydrogens is 777 g/mol. The van der Waals surface area contributed by atoms with E-state index in [0.29, 0.717) is 24.9 Å². The Bertz CT molecular complexity index is 2260. The van der Waals surface area contributed by atoms with Crippen LogP contribution in [-0.2, 0) is 17.2 Å². The standard InChI is InChI=1S/C46H54N4O3S2Si2/c1-56(2,43-15-7-13-39-37(43)27-41(54-39)45(51)49-21-17-33(18-22-49)35-11-5-9-31(25-35)29-47)53-57(3,4)44-16-8-14-40-38(44)28-42(55-40)46(52)50-23-19-34(20-24-50)36-12-6-10-32(26-36)30-48/h5-16,25-28,33-34H,17-24,29-30,47-48H2,1-4H3. The average Bonchev–Trinajstić information content (AvgIpc) is 3.88. The monoisotopic (exact) mass is 830 g/mol. The summed E-state index contributed by atoms with van der Waals surface area (Å²) in [6, 6.07) is 34.4. The number of hydrogen-bond donors (Lipinski definition) is 2. The highest BCUT2D eigenvalue weighted by molar-refractivity contribution is 7.21. The van der Waals surface area contributed by atoms with Crippen molar-refractivity contribution < 1.29 is 13.7 Å². The van der Waals surface area contributed by atoms with Crippen molar-refractivity contribution in [3.8, 4) is 0 Å². The van der Waals surface area contributed by atoms with Crippen LogP contribution < -0.4 is 21.8 Å². The maximum Gasteiger partial charge on any atom is 0.263 e.